The molecule has 0 aromatic rings. The highest BCUT2D eigenvalue weighted by Crippen LogP contribution is 2.29. The molecular formula is C20H30N2O13. The molecule has 0 unspecified atom stereocenters. The van der Waals surface area contributed by atoms with Gasteiger partial charge in [0.05, 0.1) is 12.7 Å². The van der Waals surface area contributed by atoms with Crippen molar-refractivity contribution in [3.05, 3.63) is 0 Å². The number of carboxylic acids is 2. The smallest absolute Gasteiger partial charge is 0.326 e. The highest BCUT2D eigenvalue weighted by atomic mass is 16.7. The number of amides is 1. The molecule has 1 amide bonds. The number of esters is 3. The first-order valence-corrected chi connectivity index (χ1v) is 10.5. The van der Waals surface area contributed by atoms with Crippen molar-refractivity contribution < 1.29 is 62.7 Å². The Morgan fingerprint density at radius 2 is 1.43 bits per heavy atom. The maximum absolute atomic E-state index is 12.3. The average Bonchev–Trinajstić information content (AvgIpc) is 2.72. The first-order chi connectivity index (χ1) is 16.2. The predicted molar refractivity (Wildman–Crippen MR) is 111 cm³/mol. The molecule has 0 saturated carbocycles. The summed E-state index contributed by atoms with van der Waals surface area (Å²) in [5.74, 6) is -5.93. The third-order valence-corrected chi connectivity index (χ3v) is 4.67. The quantitative estimate of drug-likeness (QED) is 0.171. The van der Waals surface area contributed by atoms with Crippen LogP contribution in [0.4, 0.5) is 0 Å². The van der Waals surface area contributed by atoms with Crippen molar-refractivity contribution in [1.29, 1.82) is 0 Å². The Labute approximate surface area is 200 Å². The van der Waals surface area contributed by atoms with E-state index in [2.05, 4.69) is 5.32 Å². The fourth-order valence-corrected chi connectivity index (χ4v) is 3.18. The lowest BCUT2D eigenvalue weighted by atomic mass is 9.99. The molecule has 5 N–H and O–H groups in total. The van der Waals surface area contributed by atoms with Gasteiger partial charge >= 0.3 is 29.8 Å². The van der Waals surface area contributed by atoms with Gasteiger partial charge in [0.2, 0.25) is 5.91 Å². The number of aliphatic carboxylic acids is 2. The van der Waals surface area contributed by atoms with Gasteiger partial charge in [-0.3, -0.25) is 24.0 Å². The lowest BCUT2D eigenvalue weighted by Gasteiger charge is -2.43. The van der Waals surface area contributed by atoms with Crippen LogP contribution in [0.3, 0.4) is 0 Å². The molecule has 0 bridgehead atoms. The van der Waals surface area contributed by atoms with Gasteiger partial charge in [0.25, 0.3) is 0 Å². The van der Waals surface area contributed by atoms with Gasteiger partial charge in [0.15, 0.2) is 24.6 Å². The van der Waals surface area contributed by atoms with Crippen molar-refractivity contribution in [1.82, 2.24) is 5.32 Å². The molecule has 1 aliphatic heterocycles. The number of rotatable bonds is 12. The van der Waals surface area contributed by atoms with Crippen LogP contribution in [0.25, 0.3) is 0 Å². The third-order valence-electron chi connectivity index (χ3n) is 4.67. The molecule has 1 heterocycles. The molecule has 7 atom stereocenters. The van der Waals surface area contributed by atoms with Crippen molar-refractivity contribution in [2.45, 2.75) is 83.3 Å². The monoisotopic (exact) mass is 506 g/mol. The van der Waals surface area contributed by atoms with Gasteiger partial charge in [-0.15, -0.1) is 0 Å². The predicted octanol–water partition coefficient (Wildman–Crippen LogP) is -1.70. The summed E-state index contributed by atoms with van der Waals surface area (Å²) >= 11 is 0. The van der Waals surface area contributed by atoms with Crippen molar-refractivity contribution in [3.63, 3.8) is 0 Å². The van der Waals surface area contributed by atoms with E-state index in [0.717, 1.165) is 20.8 Å². The molecule has 0 radical (unpaired) electrons. The molecule has 0 aromatic carbocycles. The average molecular weight is 506 g/mol. The number of carboxylic acid groups (broad SMARTS) is 2. The molecule has 198 valence electrons. The fraction of sp³-hybridized carbons (Fsp3) is 0.700. The molecule has 15 heteroatoms. The van der Waals surface area contributed by atoms with Crippen molar-refractivity contribution in [2.75, 3.05) is 6.61 Å². The van der Waals surface area contributed by atoms with Crippen LogP contribution in [-0.2, 0) is 52.5 Å². The number of carbonyl (C=O) groups is 6. The number of hydrogen-bond donors (Lipinski definition) is 4. The summed E-state index contributed by atoms with van der Waals surface area (Å²) in [4.78, 5) is 69.1. The molecule has 0 aliphatic carbocycles. The van der Waals surface area contributed by atoms with Gasteiger partial charge in [-0.25, -0.2) is 4.79 Å². The Kier molecular flexibility index (Phi) is 11.5. The molecule has 0 spiro atoms. The summed E-state index contributed by atoms with van der Waals surface area (Å²) in [6.45, 7) is 4.21. The minimum atomic E-state index is -1.50. The summed E-state index contributed by atoms with van der Waals surface area (Å²) in [7, 11) is 0. The van der Waals surface area contributed by atoms with Crippen LogP contribution in [0.5, 0.6) is 0 Å². The second kappa shape index (κ2) is 13.6. The van der Waals surface area contributed by atoms with E-state index in [-0.39, 0.29) is 6.42 Å². The summed E-state index contributed by atoms with van der Waals surface area (Å²) in [5.41, 5.74) is 5.76. The van der Waals surface area contributed by atoms with Crippen LogP contribution in [0, 0.1) is 0 Å². The van der Waals surface area contributed by atoms with E-state index < -0.39 is 91.6 Å². The normalized spacial score (nSPS) is 25.5. The van der Waals surface area contributed by atoms with E-state index >= 15 is 0 Å². The van der Waals surface area contributed by atoms with E-state index in [1.807, 2.05) is 0 Å². The first kappa shape index (κ1) is 29.7. The van der Waals surface area contributed by atoms with Gasteiger partial charge in [0.1, 0.15) is 12.1 Å². The maximum Gasteiger partial charge on any atom is 0.326 e. The zero-order valence-corrected chi connectivity index (χ0v) is 19.6. The molecular weight excluding hydrogens is 476 g/mol. The highest BCUT2D eigenvalue weighted by molar-refractivity contribution is 5.87. The van der Waals surface area contributed by atoms with E-state index in [0.29, 0.717) is 0 Å². The molecule has 15 nitrogen and oxygen atoms in total. The number of nitrogens with two attached hydrogens (primary N) is 1. The number of hydrogen-bond acceptors (Lipinski definition) is 12. The van der Waals surface area contributed by atoms with Gasteiger partial charge in [0, 0.05) is 27.2 Å². The molecule has 1 rings (SSSR count). The van der Waals surface area contributed by atoms with Crippen molar-refractivity contribution in [2.24, 2.45) is 5.73 Å². The Morgan fingerprint density at radius 1 is 0.914 bits per heavy atom. The number of carbonyl (C=O) groups excluding carboxylic acids is 4. The maximum atomic E-state index is 12.3. The Bertz CT molecular complexity index is 817. The van der Waals surface area contributed by atoms with Gasteiger partial charge in [-0.1, -0.05) is 0 Å². The number of ether oxygens (including phenoxy) is 5. The van der Waals surface area contributed by atoms with E-state index in [9.17, 15) is 28.8 Å². The lowest BCUT2D eigenvalue weighted by molar-refractivity contribution is -0.301. The van der Waals surface area contributed by atoms with Gasteiger partial charge in [-0.2, -0.15) is 0 Å². The van der Waals surface area contributed by atoms with Gasteiger partial charge < -0.3 is 44.9 Å². The summed E-state index contributed by atoms with van der Waals surface area (Å²) < 4.78 is 26.7. The molecule has 35 heavy (non-hydrogen) atoms. The van der Waals surface area contributed by atoms with E-state index in [1.165, 1.54) is 6.92 Å². The summed E-state index contributed by atoms with van der Waals surface area (Å²) in [6, 6.07) is -2.93. The zero-order chi connectivity index (χ0) is 26.9. The summed E-state index contributed by atoms with van der Waals surface area (Å²) in [6.07, 6.45) is -7.06. The Hall–Kier alpha value is -3.30. The molecule has 1 saturated heterocycles. The SMILES string of the molecule is CC(=O)O[C@H]1[C@H](OC(C)=O)[C@@H](OC[C@@H](N)C(=O)N[C@H](CCC(=O)O)C(=O)O)O[C@@H](C)[C@H]1OC(C)=O. The topological polar surface area (TPSA) is 227 Å². The molecule has 1 aliphatic rings. The first-order valence-electron chi connectivity index (χ1n) is 10.5. The van der Waals surface area contributed by atoms with Crippen LogP contribution in [0.1, 0.15) is 40.5 Å². The van der Waals surface area contributed by atoms with Crippen LogP contribution in [0.2, 0.25) is 0 Å². The second-order valence-electron chi connectivity index (χ2n) is 7.70. The van der Waals surface area contributed by atoms with Crippen molar-refractivity contribution >= 4 is 35.8 Å². The van der Waals surface area contributed by atoms with Gasteiger partial charge in [-0.05, 0) is 13.3 Å². The zero-order valence-electron chi connectivity index (χ0n) is 19.6. The largest absolute Gasteiger partial charge is 0.481 e. The minimum Gasteiger partial charge on any atom is -0.481 e. The van der Waals surface area contributed by atoms with Crippen LogP contribution < -0.4 is 11.1 Å². The second-order valence-corrected chi connectivity index (χ2v) is 7.70. The lowest BCUT2D eigenvalue weighted by Crippen LogP contribution is -2.61. The minimum absolute atomic E-state index is 0.372. The standard InChI is InChI=1S/C20H30N2O13/c1-8-15(33-9(2)23)16(34-10(3)24)17(35-11(4)25)20(32-8)31-7-12(21)18(28)22-13(19(29)30)5-6-14(26)27/h8,12-13,15-17,20H,5-7,21H2,1-4H3,(H,22,28)(H,26,27)(H,29,30)/t8-,12+,13+,15+,16+,17-,20-/m0/s1. The van der Waals surface area contributed by atoms with E-state index in [1.54, 1.807) is 0 Å². The van der Waals surface area contributed by atoms with Crippen LogP contribution >= 0.6 is 0 Å². The van der Waals surface area contributed by atoms with E-state index in [4.69, 9.17) is 39.6 Å². The van der Waals surface area contributed by atoms with Crippen molar-refractivity contribution in [3.8, 4) is 0 Å². The Morgan fingerprint density at radius 3 is 1.91 bits per heavy atom. The molecule has 1 fully saturated rings. The number of nitrogens with one attached hydrogen (secondary N) is 1. The molecule has 0 aromatic heterocycles. The summed E-state index contributed by atoms with van der Waals surface area (Å²) in [5, 5.41) is 20.0. The van der Waals surface area contributed by atoms with Crippen LogP contribution in [-0.4, -0.2) is 95.4 Å². The third kappa shape index (κ3) is 9.84. The van der Waals surface area contributed by atoms with Crippen LogP contribution in [0.15, 0.2) is 0 Å². The fourth-order valence-electron chi connectivity index (χ4n) is 3.18. The highest BCUT2D eigenvalue weighted by Gasteiger charge is 2.51. The Balaban J connectivity index is 2.96.